The topological polar surface area (TPSA) is 15.3 Å². The number of nitrogens with one attached hydrogen (secondary N) is 1. The number of hydrogen-bond donors (Lipinski definition) is 1. The van der Waals surface area contributed by atoms with Gasteiger partial charge in [0, 0.05) is 24.3 Å². The summed E-state index contributed by atoms with van der Waals surface area (Å²) in [6, 6.07) is 10.1. The van der Waals surface area contributed by atoms with Crippen LogP contribution in [-0.2, 0) is 6.42 Å². The van der Waals surface area contributed by atoms with Crippen LogP contribution in [0.5, 0.6) is 0 Å². The van der Waals surface area contributed by atoms with Crippen LogP contribution in [0.25, 0.3) is 0 Å². The molecule has 1 saturated heterocycles. The maximum Gasteiger partial charge on any atom is 0.0401 e. The minimum absolute atomic E-state index is 0.601. The molecule has 0 amide bonds. The van der Waals surface area contributed by atoms with Gasteiger partial charge < -0.3 is 10.2 Å². The SMILES string of the molecule is CCc1ccccc1N1CCC(NC)C(C)C1C. The average Bonchev–Trinajstić information content (AvgIpc) is 2.42. The van der Waals surface area contributed by atoms with Crippen LogP contribution in [-0.4, -0.2) is 25.7 Å². The Kier molecular flexibility index (Phi) is 4.28. The highest BCUT2D eigenvalue weighted by molar-refractivity contribution is 5.55. The van der Waals surface area contributed by atoms with E-state index >= 15 is 0 Å². The number of rotatable bonds is 3. The lowest BCUT2D eigenvalue weighted by molar-refractivity contribution is 0.282. The molecule has 1 fully saturated rings. The van der Waals surface area contributed by atoms with Crippen molar-refractivity contribution in [3.63, 3.8) is 0 Å². The maximum absolute atomic E-state index is 3.46. The molecule has 1 N–H and O–H groups in total. The molecule has 0 aromatic heterocycles. The van der Waals surface area contributed by atoms with Crippen LogP contribution >= 0.6 is 0 Å². The van der Waals surface area contributed by atoms with E-state index in [1.54, 1.807) is 0 Å². The van der Waals surface area contributed by atoms with Gasteiger partial charge in [-0.05, 0) is 44.4 Å². The van der Waals surface area contributed by atoms with Crippen LogP contribution in [0.4, 0.5) is 5.69 Å². The molecular weight excluding hydrogens is 220 g/mol. The first-order chi connectivity index (χ1) is 8.69. The zero-order valence-electron chi connectivity index (χ0n) is 12.1. The first kappa shape index (κ1) is 13.4. The van der Waals surface area contributed by atoms with Gasteiger partial charge in [0.2, 0.25) is 0 Å². The summed E-state index contributed by atoms with van der Waals surface area (Å²) in [6.45, 7) is 8.13. The predicted octanol–water partition coefficient (Wildman–Crippen LogP) is 3.07. The molecule has 100 valence electrons. The Hall–Kier alpha value is -1.02. The molecule has 0 spiro atoms. The number of hydrogen-bond acceptors (Lipinski definition) is 2. The smallest absolute Gasteiger partial charge is 0.0401 e. The first-order valence-electron chi connectivity index (χ1n) is 7.20. The van der Waals surface area contributed by atoms with Gasteiger partial charge in [-0.15, -0.1) is 0 Å². The van der Waals surface area contributed by atoms with Gasteiger partial charge in [-0.3, -0.25) is 0 Å². The zero-order chi connectivity index (χ0) is 13.1. The Morgan fingerprint density at radius 2 is 2.00 bits per heavy atom. The fourth-order valence-corrected chi connectivity index (χ4v) is 3.20. The number of benzene rings is 1. The van der Waals surface area contributed by atoms with Gasteiger partial charge in [-0.2, -0.15) is 0 Å². The molecule has 3 unspecified atom stereocenters. The van der Waals surface area contributed by atoms with E-state index < -0.39 is 0 Å². The summed E-state index contributed by atoms with van der Waals surface area (Å²) < 4.78 is 0. The molecule has 2 heteroatoms. The van der Waals surface area contributed by atoms with Crippen LogP contribution in [0.3, 0.4) is 0 Å². The van der Waals surface area contributed by atoms with Crippen molar-refractivity contribution in [1.29, 1.82) is 0 Å². The van der Waals surface area contributed by atoms with Gasteiger partial charge in [-0.25, -0.2) is 0 Å². The molecule has 1 aromatic rings. The van der Waals surface area contributed by atoms with Crippen LogP contribution in [0.1, 0.15) is 32.8 Å². The van der Waals surface area contributed by atoms with Crippen LogP contribution < -0.4 is 10.2 Å². The number of para-hydroxylation sites is 1. The molecule has 0 aliphatic carbocycles. The summed E-state index contributed by atoms with van der Waals surface area (Å²) >= 11 is 0. The molecule has 1 aliphatic heterocycles. The second kappa shape index (κ2) is 5.75. The summed E-state index contributed by atoms with van der Waals surface area (Å²) in [5.41, 5.74) is 2.91. The highest BCUT2D eigenvalue weighted by Gasteiger charge is 2.32. The van der Waals surface area contributed by atoms with E-state index in [4.69, 9.17) is 0 Å². The predicted molar refractivity (Wildman–Crippen MR) is 79.3 cm³/mol. The van der Waals surface area contributed by atoms with Crippen molar-refractivity contribution in [1.82, 2.24) is 5.32 Å². The fraction of sp³-hybridized carbons (Fsp3) is 0.625. The first-order valence-corrected chi connectivity index (χ1v) is 7.20. The highest BCUT2D eigenvalue weighted by Crippen LogP contribution is 2.31. The van der Waals surface area contributed by atoms with E-state index in [9.17, 15) is 0 Å². The molecule has 0 radical (unpaired) electrons. The van der Waals surface area contributed by atoms with Crippen molar-refractivity contribution in [2.45, 2.75) is 45.7 Å². The lowest BCUT2D eigenvalue weighted by Crippen LogP contribution is -2.53. The van der Waals surface area contributed by atoms with Gasteiger partial charge >= 0.3 is 0 Å². The number of anilines is 1. The summed E-state index contributed by atoms with van der Waals surface area (Å²) in [6.07, 6.45) is 2.35. The van der Waals surface area contributed by atoms with Gasteiger partial charge in [0.25, 0.3) is 0 Å². The lowest BCUT2D eigenvalue weighted by atomic mass is 9.86. The molecule has 1 heterocycles. The van der Waals surface area contributed by atoms with Crippen molar-refractivity contribution >= 4 is 5.69 Å². The summed E-state index contributed by atoms with van der Waals surface area (Å²) in [7, 11) is 2.09. The maximum atomic E-state index is 3.46. The standard InChI is InChI=1S/C16H26N2/c1-5-14-8-6-7-9-16(14)18-11-10-15(17-4)12(2)13(18)3/h6-9,12-13,15,17H,5,10-11H2,1-4H3. The van der Waals surface area contributed by atoms with Crippen LogP contribution in [0.2, 0.25) is 0 Å². The fourth-order valence-electron chi connectivity index (χ4n) is 3.20. The van der Waals surface area contributed by atoms with Crippen molar-refractivity contribution in [3.05, 3.63) is 29.8 Å². The minimum atomic E-state index is 0.601. The molecular formula is C16H26N2. The normalized spacial score (nSPS) is 28.4. The summed E-state index contributed by atoms with van der Waals surface area (Å²) in [5, 5.41) is 3.46. The van der Waals surface area contributed by atoms with Gasteiger partial charge in [0.05, 0.1) is 0 Å². The zero-order valence-corrected chi connectivity index (χ0v) is 12.1. The second-order valence-electron chi connectivity index (χ2n) is 5.46. The van der Waals surface area contributed by atoms with Crippen molar-refractivity contribution in [3.8, 4) is 0 Å². The molecule has 3 atom stereocenters. The Bertz CT molecular complexity index is 388. The molecule has 1 aliphatic rings. The van der Waals surface area contributed by atoms with Crippen molar-refractivity contribution < 1.29 is 0 Å². The molecule has 1 aromatic carbocycles. The van der Waals surface area contributed by atoms with Crippen LogP contribution in [0, 0.1) is 5.92 Å². The van der Waals surface area contributed by atoms with E-state index in [1.165, 1.54) is 17.7 Å². The Labute approximate surface area is 111 Å². The third kappa shape index (κ3) is 2.39. The third-order valence-electron chi connectivity index (χ3n) is 4.62. The molecule has 2 rings (SSSR count). The second-order valence-corrected chi connectivity index (χ2v) is 5.46. The summed E-state index contributed by atoms with van der Waals surface area (Å²) in [4.78, 5) is 2.59. The van der Waals surface area contributed by atoms with Gasteiger partial charge in [0.15, 0.2) is 0 Å². The third-order valence-corrected chi connectivity index (χ3v) is 4.62. The van der Waals surface area contributed by atoms with Gasteiger partial charge in [-0.1, -0.05) is 32.0 Å². The number of aryl methyl sites for hydroxylation is 1. The van der Waals surface area contributed by atoms with Crippen molar-refractivity contribution in [2.24, 2.45) is 5.92 Å². The molecule has 0 saturated carbocycles. The van der Waals surface area contributed by atoms with Crippen molar-refractivity contribution in [2.75, 3.05) is 18.5 Å². The van der Waals surface area contributed by atoms with E-state index in [0.717, 1.165) is 13.0 Å². The Morgan fingerprint density at radius 3 is 2.67 bits per heavy atom. The lowest BCUT2D eigenvalue weighted by Gasteiger charge is -2.44. The monoisotopic (exact) mass is 246 g/mol. The summed E-state index contributed by atoms with van der Waals surface area (Å²) in [5.74, 6) is 0.689. The Balaban J connectivity index is 2.24. The van der Waals surface area contributed by atoms with E-state index in [1.807, 2.05) is 0 Å². The quantitative estimate of drug-likeness (QED) is 0.882. The largest absolute Gasteiger partial charge is 0.368 e. The van der Waals surface area contributed by atoms with E-state index in [0.29, 0.717) is 18.0 Å². The van der Waals surface area contributed by atoms with Gasteiger partial charge in [0.1, 0.15) is 0 Å². The minimum Gasteiger partial charge on any atom is -0.368 e. The molecule has 2 nitrogen and oxygen atoms in total. The highest BCUT2D eigenvalue weighted by atomic mass is 15.2. The van der Waals surface area contributed by atoms with E-state index in [2.05, 4.69) is 62.3 Å². The average molecular weight is 246 g/mol. The Morgan fingerprint density at radius 1 is 1.28 bits per heavy atom. The van der Waals surface area contributed by atoms with E-state index in [-0.39, 0.29) is 0 Å². The molecule has 0 bridgehead atoms. The molecule has 18 heavy (non-hydrogen) atoms. The van der Waals surface area contributed by atoms with Crippen LogP contribution in [0.15, 0.2) is 24.3 Å². The number of piperidine rings is 1. The number of nitrogens with zero attached hydrogens (tertiary/aromatic N) is 1.